The maximum absolute atomic E-state index is 13.4. The minimum Gasteiger partial charge on any atom is -0.415 e. The van der Waals surface area contributed by atoms with Crippen LogP contribution in [0.4, 0.5) is 13.2 Å². The van der Waals surface area contributed by atoms with Crippen molar-refractivity contribution >= 4 is 11.4 Å². The molecule has 34 heavy (non-hydrogen) atoms. The molecule has 2 aliphatic rings. The summed E-state index contributed by atoms with van der Waals surface area (Å²) in [6, 6.07) is 5.88. The highest BCUT2D eigenvalue weighted by Gasteiger charge is 2.41. The van der Waals surface area contributed by atoms with Crippen LogP contribution < -0.4 is 5.43 Å². The molecule has 0 radical (unpaired) electrons. The van der Waals surface area contributed by atoms with Crippen molar-refractivity contribution in [1.29, 1.82) is 0 Å². The van der Waals surface area contributed by atoms with Crippen LogP contribution in [0.15, 0.2) is 53.5 Å². The second kappa shape index (κ2) is 7.41. The first-order chi connectivity index (χ1) is 16.4. The van der Waals surface area contributed by atoms with Gasteiger partial charge in [-0.2, -0.15) is 5.10 Å². The highest BCUT2D eigenvalue weighted by Crippen LogP contribution is 2.34. The van der Waals surface area contributed by atoms with Crippen LogP contribution in [-0.4, -0.2) is 58.4 Å². The quantitative estimate of drug-likeness (QED) is 0.436. The minimum absolute atomic E-state index is 0.0213. The predicted octanol–water partition coefficient (Wildman–Crippen LogP) is 2.12. The molecule has 2 aliphatic heterocycles. The number of amides is 1. The Morgan fingerprint density at radius 3 is 2.91 bits per heavy atom. The van der Waals surface area contributed by atoms with Crippen LogP contribution in [0.2, 0.25) is 0 Å². The zero-order valence-corrected chi connectivity index (χ0v) is 17.3. The Morgan fingerprint density at radius 1 is 1.24 bits per heavy atom. The van der Waals surface area contributed by atoms with Gasteiger partial charge in [-0.25, -0.2) is 19.9 Å². The molecule has 0 spiro atoms. The van der Waals surface area contributed by atoms with Gasteiger partial charge in [-0.05, 0) is 24.3 Å². The van der Waals surface area contributed by atoms with Gasteiger partial charge in [0.15, 0.2) is 0 Å². The first-order valence-electron chi connectivity index (χ1n) is 10.3. The van der Waals surface area contributed by atoms with Gasteiger partial charge < -0.3 is 14.3 Å². The van der Waals surface area contributed by atoms with Crippen molar-refractivity contribution in [3.8, 4) is 0 Å². The Morgan fingerprint density at radius 2 is 2.12 bits per heavy atom. The standard InChI is InChI=1S/C20H16F3N9O2/c21-20(22,23)32-8-5-13(29-32)17-26-27-18(34-17)19(33)30-7-4-12-15(25-10-24-12)16(30)14-9-11-3-1-2-6-31(11)28-14/h1-3,5-6,8-10,13,16,29H,4,7H2,(H,24,25). The lowest BCUT2D eigenvalue weighted by atomic mass is 9.99. The highest BCUT2D eigenvalue weighted by molar-refractivity contribution is 5.90. The number of aromatic nitrogens is 6. The molecule has 0 bridgehead atoms. The van der Waals surface area contributed by atoms with Gasteiger partial charge in [0, 0.05) is 31.1 Å². The third-order valence-electron chi connectivity index (χ3n) is 5.72. The number of halogens is 3. The first-order valence-corrected chi connectivity index (χ1v) is 10.3. The summed E-state index contributed by atoms with van der Waals surface area (Å²) in [5.41, 5.74) is 5.19. The van der Waals surface area contributed by atoms with E-state index in [1.807, 2.05) is 24.3 Å². The molecule has 4 aromatic heterocycles. The predicted molar refractivity (Wildman–Crippen MR) is 108 cm³/mol. The number of H-pyrrole nitrogens is 1. The van der Waals surface area contributed by atoms with E-state index in [2.05, 4.69) is 30.7 Å². The Bertz CT molecular complexity index is 1370. The van der Waals surface area contributed by atoms with Gasteiger partial charge in [0.2, 0.25) is 5.89 Å². The molecule has 2 N–H and O–H groups in total. The van der Waals surface area contributed by atoms with Gasteiger partial charge in [-0.3, -0.25) is 4.79 Å². The number of alkyl halides is 3. The Labute approximate surface area is 188 Å². The average molecular weight is 471 g/mol. The second-order valence-corrected chi connectivity index (χ2v) is 7.79. The smallest absolute Gasteiger partial charge is 0.415 e. The molecule has 0 aromatic carbocycles. The molecule has 2 unspecified atom stereocenters. The van der Waals surface area contributed by atoms with Crippen LogP contribution in [0.3, 0.4) is 0 Å². The molecule has 6 heterocycles. The molecule has 4 aromatic rings. The highest BCUT2D eigenvalue weighted by atomic mass is 19.4. The van der Waals surface area contributed by atoms with Crippen LogP contribution in [0, 0.1) is 0 Å². The number of aromatic amines is 1. The molecular formula is C20H16F3N9O2. The van der Waals surface area contributed by atoms with Crippen LogP contribution in [0.25, 0.3) is 5.52 Å². The van der Waals surface area contributed by atoms with E-state index in [0.29, 0.717) is 24.4 Å². The van der Waals surface area contributed by atoms with Crippen LogP contribution in [0.1, 0.15) is 45.7 Å². The van der Waals surface area contributed by atoms with E-state index in [0.717, 1.165) is 17.4 Å². The summed E-state index contributed by atoms with van der Waals surface area (Å²) in [6.07, 6.45) is 1.32. The molecule has 0 saturated heterocycles. The van der Waals surface area contributed by atoms with Gasteiger partial charge in [0.05, 0.1) is 23.2 Å². The van der Waals surface area contributed by atoms with Crippen molar-refractivity contribution in [3.63, 3.8) is 0 Å². The van der Waals surface area contributed by atoms with Crippen molar-refractivity contribution in [1.82, 2.24) is 45.1 Å². The van der Waals surface area contributed by atoms with E-state index in [1.165, 1.54) is 11.0 Å². The largest absolute Gasteiger partial charge is 0.498 e. The van der Waals surface area contributed by atoms with Crippen LogP contribution in [-0.2, 0) is 6.42 Å². The average Bonchev–Trinajstić information content (AvgIpc) is 3.61. The number of carbonyl (C=O) groups is 1. The normalized spacial score (nSPS) is 20.3. The van der Waals surface area contributed by atoms with Gasteiger partial charge in [0.25, 0.3) is 0 Å². The van der Waals surface area contributed by atoms with Crippen molar-refractivity contribution in [2.24, 2.45) is 0 Å². The molecule has 0 saturated carbocycles. The number of nitrogens with zero attached hydrogens (tertiary/aromatic N) is 7. The summed E-state index contributed by atoms with van der Waals surface area (Å²) >= 11 is 0. The van der Waals surface area contributed by atoms with Crippen molar-refractivity contribution in [2.75, 3.05) is 6.54 Å². The number of hydrazine groups is 1. The lowest BCUT2D eigenvalue weighted by Gasteiger charge is -2.32. The Kier molecular flexibility index (Phi) is 4.45. The maximum Gasteiger partial charge on any atom is 0.498 e. The zero-order valence-electron chi connectivity index (χ0n) is 17.3. The number of nitrogens with one attached hydrogen (secondary N) is 2. The van der Waals surface area contributed by atoms with Gasteiger partial charge in [0.1, 0.15) is 12.1 Å². The summed E-state index contributed by atoms with van der Waals surface area (Å²) < 4.78 is 45.8. The lowest BCUT2D eigenvalue weighted by Crippen LogP contribution is -2.42. The topological polar surface area (TPSA) is 120 Å². The van der Waals surface area contributed by atoms with Gasteiger partial charge in [-0.15, -0.1) is 23.4 Å². The number of hydrogen-bond donors (Lipinski definition) is 2. The van der Waals surface area contributed by atoms with E-state index >= 15 is 0 Å². The second-order valence-electron chi connectivity index (χ2n) is 7.79. The number of carbonyl (C=O) groups excluding carboxylic acids is 1. The number of imidazole rings is 1. The van der Waals surface area contributed by atoms with Gasteiger partial charge in [-0.1, -0.05) is 6.07 Å². The van der Waals surface area contributed by atoms with Crippen LogP contribution >= 0.6 is 0 Å². The number of pyridine rings is 1. The number of rotatable bonds is 3. The fourth-order valence-corrected chi connectivity index (χ4v) is 4.16. The van der Waals surface area contributed by atoms with Crippen molar-refractivity contribution < 1.29 is 22.4 Å². The molecule has 11 nitrogen and oxygen atoms in total. The van der Waals surface area contributed by atoms with E-state index < -0.39 is 24.3 Å². The summed E-state index contributed by atoms with van der Waals surface area (Å²) in [5.74, 6) is -1.05. The molecule has 1 amide bonds. The fraction of sp³-hybridized carbons (Fsp3) is 0.250. The monoisotopic (exact) mass is 471 g/mol. The Balaban J connectivity index is 1.31. The molecule has 0 fully saturated rings. The maximum atomic E-state index is 13.4. The molecule has 6 rings (SSSR count). The van der Waals surface area contributed by atoms with E-state index in [4.69, 9.17) is 4.42 Å². The molecule has 174 valence electrons. The first kappa shape index (κ1) is 20.4. The summed E-state index contributed by atoms with van der Waals surface area (Å²) in [6.45, 7) is 0.327. The molecule has 14 heteroatoms. The Hall–Kier alpha value is -4.20. The van der Waals surface area contributed by atoms with Crippen molar-refractivity contribution in [2.45, 2.75) is 24.8 Å². The van der Waals surface area contributed by atoms with Gasteiger partial charge >= 0.3 is 18.1 Å². The number of hydrogen-bond acceptors (Lipinski definition) is 8. The molecular weight excluding hydrogens is 455 g/mol. The van der Waals surface area contributed by atoms with E-state index in [1.54, 1.807) is 17.0 Å². The SMILES string of the molecule is O=C(c1nnc(C2C=CN(C(F)(F)F)N2)o1)N1CCc2[nH]cnc2C1c1cc2ccccn2n1. The molecule has 0 aliphatic carbocycles. The third-order valence-corrected chi connectivity index (χ3v) is 5.72. The van der Waals surface area contributed by atoms with E-state index in [-0.39, 0.29) is 16.8 Å². The van der Waals surface area contributed by atoms with Crippen molar-refractivity contribution in [3.05, 3.63) is 77.9 Å². The summed E-state index contributed by atoms with van der Waals surface area (Å²) in [4.78, 5) is 22.5. The number of fused-ring (bicyclic) bond motifs is 2. The minimum atomic E-state index is -4.61. The summed E-state index contributed by atoms with van der Waals surface area (Å²) in [5, 5.41) is 12.2. The molecule has 2 atom stereocenters. The van der Waals surface area contributed by atoms with E-state index in [9.17, 15) is 18.0 Å². The fourth-order valence-electron chi connectivity index (χ4n) is 4.16. The summed E-state index contributed by atoms with van der Waals surface area (Å²) in [7, 11) is 0. The zero-order chi connectivity index (χ0) is 23.4. The lowest BCUT2D eigenvalue weighted by molar-refractivity contribution is -0.243. The third kappa shape index (κ3) is 3.30. The van der Waals surface area contributed by atoms with Crippen LogP contribution in [0.5, 0.6) is 0 Å².